The predicted molar refractivity (Wildman–Crippen MR) is 136 cm³/mol. The Morgan fingerprint density at radius 1 is 0.735 bits per heavy atom. The third-order valence-corrected chi connectivity index (χ3v) is 4.46. The lowest BCUT2D eigenvalue weighted by atomic mass is 10.1. The summed E-state index contributed by atoms with van der Waals surface area (Å²) in [5.74, 6) is 0.00219. The van der Waals surface area contributed by atoms with Crippen molar-refractivity contribution in [1.29, 1.82) is 0 Å². The lowest BCUT2D eigenvalue weighted by Crippen LogP contribution is -2.10. The van der Waals surface area contributed by atoms with Gasteiger partial charge in [-0.15, -0.1) is 0 Å². The molecule has 0 heterocycles. The zero-order valence-corrected chi connectivity index (χ0v) is 20.9. The zero-order valence-electron chi connectivity index (χ0n) is 20.9. The van der Waals surface area contributed by atoms with E-state index in [9.17, 15) is 9.59 Å². The molecule has 0 aliphatic rings. The van der Waals surface area contributed by atoms with Crippen LogP contribution >= 0.6 is 0 Å². The van der Waals surface area contributed by atoms with Crippen LogP contribution < -0.4 is 20.1 Å². The second kappa shape index (κ2) is 16.2. The summed E-state index contributed by atoms with van der Waals surface area (Å²) in [4.78, 5) is 22.9. The van der Waals surface area contributed by atoms with E-state index in [0.29, 0.717) is 42.6 Å². The molecule has 8 heteroatoms. The molecule has 0 fully saturated rings. The number of carbonyl (C=O) groups is 2. The molecule has 0 aliphatic heterocycles. The van der Waals surface area contributed by atoms with Crippen molar-refractivity contribution in [3.05, 3.63) is 47.5 Å². The average molecular weight is 475 g/mol. The first-order valence-electron chi connectivity index (χ1n) is 11.8. The van der Waals surface area contributed by atoms with Crippen LogP contribution in [0.2, 0.25) is 0 Å². The molecule has 0 bridgehead atoms. The van der Waals surface area contributed by atoms with Crippen LogP contribution in [0.15, 0.2) is 36.4 Å². The van der Waals surface area contributed by atoms with E-state index in [0.717, 1.165) is 31.6 Å². The molecule has 2 aromatic carbocycles. The summed E-state index contributed by atoms with van der Waals surface area (Å²) in [6.07, 6.45) is 1.95. The molecule has 0 saturated heterocycles. The molecule has 8 nitrogen and oxygen atoms in total. The van der Waals surface area contributed by atoms with Gasteiger partial charge >= 0.3 is 11.9 Å². The predicted octanol–water partition coefficient (Wildman–Crippen LogP) is 5.69. The van der Waals surface area contributed by atoms with Gasteiger partial charge in [0.1, 0.15) is 11.5 Å². The van der Waals surface area contributed by atoms with Gasteiger partial charge in [-0.05, 0) is 70.0 Å². The van der Waals surface area contributed by atoms with Gasteiger partial charge in [0.05, 0.1) is 30.9 Å². The van der Waals surface area contributed by atoms with Crippen LogP contribution in [-0.2, 0) is 4.74 Å². The van der Waals surface area contributed by atoms with E-state index < -0.39 is 5.97 Å². The van der Waals surface area contributed by atoms with Crippen molar-refractivity contribution < 1.29 is 28.9 Å². The summed E-state index contributed by atoms with van der Waals surface area (Å²) in [5.41, 5.74) is 2.20. The Labute approximate surface area is 202 Å². The number of benzene rings is 2. The van der Waals surface area contributed by atoms with E-state index in [1.807, 2.05) is 32.9 Å². The molecular formula is C26H38N2O6. The number of hydrogen-bond acceptors (Lipinski definition) is 7. The number of carboxylic acid groups (broad SMARTS) is 1. The highest BCUT2D eigenvalue weighted by Crippen LogP contribution is 2.24. The smallest absolute Gasteiger partial charge is 0.340 e. The second-order valence-corrected chi connectivity index (χ2v) is 7.16. The number of nitrogens with one attached hydrogen (secondary N) is 2. The number of esters is 1. The molecule has 0 aliphatic carbocycles. The van der Waals surface area contributed by atoms with Gasteiger partial charge in [-0.2, -0.15) is 0 Å². The van der Waals surface area contributed by atoms with Crippen molar-refractivity contribution in [2.75, 3.05) is 43.5 Å². The zero-order chi connectivity index (χ0) is 25.3. The molecule has 0 saturated carbocycles. The summed E-state index contributed by atoms with van der Waals surface area (Å²) in [7, 11) is 0. The minimum Gasteiger partial charge on any atom is -0.494 e. The standard InChI is InChI=1S/C14H21NO3.C12H17NO3/c1-4-9-15-13-8-7-11(17-5-2)10-12(13)14(16)18-6-3;1-3-7-13-11-6-5-9(16-4-2)8-10(11)12(14)15/h7-8,10,15H,4-6,9H2,1-3H3;5-6,8,13H,3-4,7H2,1-2H3,(H,14,15). The van der Waals surface area contributed by atoms with E-state index in [4.69, 9.17) is 19.3 Å². The maximum atomic E-state index is 11.9. The third kappa shape index (κ3) is 9.60. The topological polar surface area (TPSA) is 106 Å². The Kier molecular flexibility index (Phi) is 13.7. The van der Waals surface area contributed by atoms with E-state index in [2.05, 4.69) is 17.6 Å². The fraction of sp³-hybridized carbons (Fsp3) is 0.462. The molecule has 0 amide bonds. The number of hydrogen-bond donors (Lipinski definition) is 3. The number of carboxylic acids is 1. The molecule has 3 N–H and O–H groups in total. The van der Waals surface area contributed by atoms with Crippen molar-refractivity contribution >= 4 is 23.3 Å². The molecule has 0 unspecified atom stereocenters. The van der Waals surface area contributed by atoms with Crippen LogP contribution in [0.3, 0.4) is 0 Å². The van der Waals surface area contributed by atoms with Gasteiger partial charge in [0.2, 0.25) is 0 Å². The minimum atomic E-state index is -0.944. The number of ether oxygens (including phenoxy) is 3. The molecule has 2 rings (SSSR count). The first-order chi connectivity index (χ1) is 16.4. The van der Waals surface area contributed by atoms with E-state index in [-0.39, 0.29) is 11.5 Å². The summed E-state index contributed by atoms with van der Waals surface area (Å²) < 4.78 is 15.7. The molecule has 188 valence electrons. The maximum Gasteiger partial charge on any atom is 0.340 e. The van der Waals surface area contributed by atoms with Crippen molar-refractivity contribution in [2.45, 2.75) is 47.5 Å². The molecule has 2 aromatic rings. The van der Waals surface area contributed by atoms with Crippen LogP contribution in [0, 0.1) is 0 Å². The highest BCUT2D eigenvalue weighted by molar-refractivity contribution is 5.96. The molecule has 0 spiro atoms. The third-order valence-electron chi connectivity index (χ3n) is 4.46. The Balaban J connectivity index is 0.000000342. The first-order valence-corrected chi connectivity index (χ1v) is 11.8. The van der Waals surface area contributed by atoms with Crippen LogP contribution in [0.25, 0.3) is 0 Å². The van der Waals surface area contributed by atoms with Crippen molar-refractivity contribution in [3.63, 3.8) is 0 Å². The molecule has 0 aromatic heterocycles. The highest BCUT2D eigenvalue weighted by atomic mass is 16.5. The lowest BCUT2D eigenvalue weighted by Gasteiger charge is -2.12. The summed E-state index contributed by atoms with van der Waals surface area (Å²) >= 11 is 0. The van der Waals surface area contributed by atoms with Gasteiger partial charge in [0.15, 0.2) is 0 Å². The minimum absolute atomic E-state index is 0.249. The molecule has 0 atom stereocenters. The monoisotopic (exact) mass is 474 g/mol. The van der Waals surface area contributed by atoms with Gasteiger partial charge in [0, 0.05) is 24.5 Å². The van der Waals surface area contributed by atoms with Gasteiger partial charge in [-0.1, -0.05) is 13.8 Å². The van der Waals surface area contributed by atoms with Crippen LogP contribution in [-0.4, -0.2) is 50.0 Å². The fourth-order valence-electron chi connectivity index (χ4n) is 2.94. The number of aromatic carboxylic acids is 1. The summed E-state index contributed by atoms with van der Waals surface area (Å²) in [5, 5.41) is 15.4. The summed E-state index contributed by atoms with van der Waals surface area (Å²) in [6, 6.07) is 10.5. The number of anilines is 2. The Morgan fingerprint density at radius 3 is 1.62 bits per heavy atom. The largest absolute Gasteiger partial charge is 0.494 e. The second-order valence-electron chi connectivity index (χ2n) is 7.16. The van der Waals surface area contributed by atoms with Crippen molar-refractivity contribution in [2.24, 2.45) is 0 Å². The first kappa shape index (κ1) is 28.6. The average Bonchev–Trinajstić information content (AvgIpc) is 2.83. The van der Waals surface area contributed by atoms with E-state index >= 15 is 0 Å². The molecule has 34 heavy (non-hydrogen) atoms. The molecular weight excluding hydrogens is 436 g/mol. The van der Waals surface area contributed by atoms with Crippen LogP contribution in [0.1, 0.15) is 68.2 Å². The Hall–Kier alpha value is -3.42. The Morgan fingerprint density at radius 2 is 1.21 bits per heavy atom. The maximum absolute atomic E-state index is 11.9. The molecule has 0 radical (unpaired) electrons. The van der Waals surface area contributed by atoms with E-state index in [1.54, 1.807) is 31.2 Å². The fourth-order valence-corrected chi connectivity index (χ4v) is 2.94. The lowest BCUT2D eigenvalue weighted by molar-refractivity contribution is 0.0526. The number of rotatable bonds is 13. The van der Waals surface area contributed by atoms with Gasteiger partial charge in [-0.25, -0.2) is 9.59 Å². The van der Waals surface area contributed by atoms with Crippen LogP contribution in [0.5, 0.6) is 11.5 Å². The van der Waals surface area contributed by atoms with E-state index in [1.165, 1.54) is 0 Å². The SMILES string of the molecule is CCCNc1ccc(OCC)cc1C(=O)O.CCCNc1ccc(OCC)cc1C(=O)OCC. The van der Waals surface area contributed by atoms with Gasteiger partial charge in [0.25, 0.3) is 0 Å². The van der Waals surface area contributed by atoms with Gasteiger partial charge < -0.3 is 30.0 Å². The van der Waals surface area contributed by atoms with Crippen molar-refractivity contribution in [3.8, 4) is 11.5 Å². The van der Waals surface area contributed by atoms with Gasteiger partial charge in [-0.3, -0.25) is 0 Å². The number of carbonyl (C=O) groups excluding carboxylic acids is 1. The summed E-state index contributed by atoms with van der Waals surface area (Å²) in [6.45, 7) is 12.7. The Bertz CT molecular complexity index is 901. The highest BCUT2D eigenvalue weighted by Gasteiger charge is 2.14. The van der Waals surface area contributed by atoms with Crippen LogP contribution in [0.4, 0.5) is 11.4 Å². The normalized spacial score (nSPS) is 9.91. The quantitative estimate of drug-likeness (QED) is 0.318. The van der Waals surface area contributed by atoms with Crippen molar-refractivity contribution in [1.82, 2.24) is 0 Å².